The van der Waals surface area contributed by atoms with Gasteiger partial charge in [0.25, 0.3) is 5.95 Å². The number of ether oxygens (including phenoxy) is 1. The lowest BCUT2D eigenvalue weighted by Gasteiger charge is -1.98. The summed E-state index contributed by atoms with van der Waals surface area (Å²) >= 11 is 0. The van der Waals surface area contributed by atoms with Crippen molar-refractivity contribution in [2.75, 3.05) is 6.61 Å². The van der Waals surface area contributed by atoms with Crippen LogP contribution in [0.25, 0.3) is 5.95 Å². The minimum absolute atomic E-state index is 0.226. The van der Waals surface area contributed by atoms with E-state index in [9.17, 15) is 4.79 Å². The normalized spacial score (nSPS) is 9.78. The van der Waals surface area contributed by atoms with Crippen LogP contribution in [0.2, 0.25) is 0 Å². The molecule has 0 saturated heterocycles. The first-order valence-electron chi connectivity index (χ1n) is 5.20. The third-order valence-electron chi connectivity index (χ3n) is 2.06. The molecule has 0 N–H and O–H groups in total. The van der Waals surface area contributed by atoms with E-state index in [-0.39, 0.29) is 11.6 Å². The van der Waals surface area contributed by atoms with Crippen LogP contribution < -0.4 is 0 Å². The fourth-order valence-electron chi connectivity index (χ4n) is 1.27. The Hall–Kier alpha value is -2.75. The van der Waals surface area contributed by atoms with Crippen molar-refractivity contribution in [3.8, 4) is 12.0 Å². The van der Waals surface area contributed by atoms with Crippen LogP contribution in [0.3, 0.4) is 0 Å². The van der Waals surface area contributed by atoms with Gasteiger partial charge in [0, 0.05) is 12.4 Å². The molecule has 0 bridgehead atoms. The van der Waals surface area contributed by atoms with Crippen molar-refractivity contribution >= 4 is 5.97 Å². The molecule has 0 aliphatic heterocycles. The average molecular weight is 243 g/mol. The zero-order valence-electron chi connectivity index (χ0n) is 9.57. The van der Waals surface area contributed by atoms with Gasteiger partial charge in [0.1, 0.15) is 11.8 Å². The largest absolute Gasteiger partial charge is 0.462 e. The van der Waals surface area contributed by atoms with Crippen molar-refractivity contribution in [2.45, 2.75) is 6.92 Å². The molecule has 2 aromatic heterocycles. The van der Waals surface area contributed by atoms with E-state index in [0.717, 1.165) is 0 Å². The first-order valence-corrected chi connectivity index (χ1v) is 5.20. The second-order valence-electron chi connectivity index (χ2n) is 3.25. The molecule has 90 valence electrons. The Morgan fingerprint density at radius 1 is 1.61 bits per heavy atom. The molecule has 18 heavy (non-hydrogen) atoms. The number of rotatable bonds is 3. The molecule has 2 heterocycles. The van der Waals surface area contributed by atoms with Gasteiger partial charge in [-0.2, -0.15) is 10.4 Å². The smallest absolute Gasteiger partial charge is 0.341 e. The van der Waals surface area contributed by atoms with E-state index in [0.29, 0.717) is 12.2 Å². The Morgan fingerprint density at radius 3 is 3.17 bits per heavy atom. The molecule has 0 atom stereocenters. The molecule has 2 rings (SSSR count). The van der Waals surface area contributed by atoms with Crippen molar-refractivity contribution in [3.63, 3.8) is 0 Å². The Kier molecular flexibility index (Phi) is 3.29. The van der Waals surface area contributed by atoms with E-state index >= 15 is 0 Å². The molecule has 0 aromatic carbocycles. The molecule has 0 unspecified atom stereocenters. The highest BCUT2D eigenvalue weighted by molar-refractivity contribution is 5.88. The average Bonchev–Trinajstić information content (AvgIpc) is 2.89. The molecule has 0 aliphatic carbocycles. The van der Waals surface area contributed by atoms with E-state index in [1.807, 2.05) is 6.07 Å². The third kappa shape index (κ3) is 2.32. The van der Waals surface area contributed by atoms with Gasteiger partial charge in [-0.25, -0.2) is 19.4 Å². The van der Waals surface area contributed by atoms with Gasteiger partial charge >= 0.3 is 5.97 Å². The summed E-state index contributed by atoms with van der Waals surface area (Å²) in [5.74, 6) is -0.232. The Balaban J connectivity index is 2.29. The SMILES string of the molecule is CCOC(=O)c1cnn(-c2nccc(C#N)n2)c1. The highest BCUT2D eigenvalue weighted by Crippen LogP contribution is 2.05. The number of esters is 1. The summed E-state index contributed by atoms with van der Waals surface area (Å²) < 4.78 is 6.15. The van der Waals surface area contributed by atoms with Gasteiger partial charge in [-0.05, 0) is 13.0 Å². The van der Waals surface area contributed by atoms with Gasteiger partial charge in [0.2, 0.25) is 0 Å². The van der Waals surface area contributed by atoms with Gasteiger partial charge in [-0.1, -0.05) is 0 Å². The zero-order chi connectivity index (χ0) is 13.0. The number of carbonyl (C=O) groups excluding carboxylic acids is 1. The van der Waals surface area contributed by atoms with Crippen LogP contribution in [0.5, 0.6) is 0 Å². The quantitative estimate of drug-likeness (QED) is 0.737. The van der Waals surface area contributed by atoms with Gasteiger partial charge in [-0.3, -0.25) is 0 Å². The number of aromatic nitrogens is 4. The standard InChI is InChI=1S/C11H9N5O2/c1-2-18-10(17)8-6-14-16(7-8)11-13-4-3-9(5-12)15-11/h3-4,6-7H,2H2,1H3. The topological polar surface area (TPSA) is 93.7 Å². The molecule has 0 spiro atoms. The lowest BCUT2D eigenvalue weighted by atomic mass is 10.4. The summed E-state index contributed by atoms with van der Waals surface area (Å²) in [4.78, 5) is 19.4. The first-order chi connectivity index (χ1) is 8.74. The van der Waals surface area contributed by atoms with E-state index in [1.54, 1.807) is 6.92 Å². The molecule has 0 amide bonds. The van der Waals surface area contributed by atoms with Gasteiger partial charge < -0.3 is 4.74 Å². The molecule has 0 radical (unpaired) electrons. The molecule has 0 fully saturated rings. The minimum atomic E-state index is -0.458. The molecule has 0 aliphatic rings. The predicted molar refractivity (Wildman–Crippen MR) is 59.8 cm³/mol. The molecular formula is C11H9N5O2. The van der Waals surface area contributed by atoms with Crippen molar-refractivity contribution in [1.82, 2.24) is 19.7 Å². The number of nitrogens with zero attached hydrogens (tertiary/aromatic N) is 5. The summed E-state index contributed by atoms with van der Waals surface area (Å²) in [6.07, 6.45) is 4.27. The maximum Gasteiger partial charge on any atom is 0.341 e. The Labute approximate surface area is 103 Å². The van der Waals surface area contributed by atoms with Crippen molar-refractivity contribution in [3.05, 3.63) is 35.9 Å². The highest BCUT2D eigenvalue weighted by Gasteiger charge is 2.11. The minimum Gasteiger partial charge on any atom is -0.462 e. The van der Waals surface area contributed by atoms with Crippen molar-refractivity contribution in [1.29, 1.82) is 5.26 Å². The summed E-state index contributed by atoms with van der Waals surface area (Å²) in [7, 11) is 0. The number of nitriles is 1. The number of hydrogen-bond acceptors (Lipinski definition) is 6. The summed E-state index contributed by atoms with van der Waals surface area (Å²) in [5.41, 5.74) is 0.538. The lowest BCUT2D eigenvalue weighted by Crippen LogP contribution is -2.04. The Bertz CT molecular complexity index is 614. The van der Waals surface area contributed by atoms with E-state index in [1.165, 1.54) is 29.3 Å². The van der Waals surface area contributed by atoms with Gasteiger partial charge in [-0.15, -0.1) is 0 Å². The van der Waals surface area contributed by atoms with Gasteiger partial charge in [0.15, 0.2) is 0 Å². The number of hydrogen-bond donors (Lipinski definition) is 0. The third-order valence-corrected chi connectivity index (χ3v) is 2.06. The van der Waals surface area contributed by atoms with E-state index in [2.05, 4.69) is 15.1 Å². The summed E-state index contributed by atoms with van der Waals surface area (Å²) in [6.45, 7) is 2.02. The van der Waals surface area contributed by atoms with Crippen molar-refractivity contribution in [2.24, 2.45) is 0 Å². The fourth-order valence-corrected chi connectivity index (χ4v) is 1.27. The van der Waals surface area contributed by atoms with Crippen LogP contribution >= 0.6 is 0 Å². The van der Waals surface area contributed by atoms with Crippen LogP contribution in [-0.2, 0) is 4.74 Å². The molecular weight excluding hydrogens is 234 g/mol. The summed E-state index contributed by atoms with van der Waals surface area (Å²) in [5, 5.41) is 12.7. The number of carbonyl (C=O) groups is 1. The molecule has 7 nitrogen and oxygen atoms in total. The predicted octanol–water partition coefficient (Wildman–Crippen LogP) is 0.711. The highest BCUT2D eigenvalue weighted by atomic mass is 16.5. The second-order valence-corrected chi connectivity index (χ2v) is 3.25. The van der Waals surface area contributed by atoms with Gasteiger partial charge in [0.05, 0.1) is 18.4 Å². The van der Waals surface area contributed by atoms with Crippen LogP contribution in [0.15, 0.2) is 24.7 Å². The van der Waals surface area contributed by atoms with Crippen LogP contribution in [-0.4, -0.2) is 32.3 Å². The van der Waals surface area contributed by atoms with E-state index < -0.39 is 5.97 Å². The maximum absolute atomic E-state index is 11.4. The lowest BCUT2D eigenvalue weighted by molar-refractivity contribution is 0.0526. The second kappa shape index (κ2) is 5.05. The molecule has 2 aromatic rings. The molecule has 0 saturated carbocycles. The van der Waals surface area contributed by atoms with Crippen LogP contribution in [0.4, 0.5) is 0 Å². The molecule has 7 heteroatoms. The van der Waals surface area contributed by atoms with Crippen molar-refractivity contribution < 1.29 is 9.53 Å². The van der Waals surface area contributed by atoms with Crippen LogP contribution in [0, 0.1) is 11.3 Å². The Morgan fingerprint density at radius 2 is 2.44 bits per heavy atom. The van der Waals surface area contributed by atoms with Crippen LogP contribution in [0.1, 0.15) is 23.0 Å². The zero-order valence-corrected chi connectivity index (χ0v) is 9.57. The van der Waals surface area contributed by atoms with E-state index in [4.69, 9.17) is 10.00 Å². The summed E-state index contributed by atoms with van der Waals surface area (Å²) in [6, 6.07) is 3.39. The fraction of sp³-hybridized carbons (Fsp3) is 0.182. The monoisotopic (exact) mass is 243 g/mol. The maximum atomic E-state index is 11.4. The first kappa shape index (κ1) is 11.7.